The molecule has 3 heterocycles. The minimum absolute atomic E-state index is 0.0601. The van der Waals surface area contributed by atoms with Gasteiger partial charge in [-0.05, 0) is 69.0 Å². The zero-order valence-electron chi connectivity index (χ0n) is 18.2. The molecule has 4 atom stereocenters. The molecule has 0 aromatic heterocycles. The lowest BCUT2D eigenvalue weighted by atomic mass is 9.69. The van der Waals surface area contributed by atoms with Gasteiger partial charge in [-0.1, -0.05) is 30.3 Å². The molecule has 1 aromatic rings. The number of nitrogens with zero attached hydrogens (tertiary/aromatic N) is 2. The molecule has 3 saturated heterocycles. The van der Waals surface area contributed by atoms with Gasteiger partial charge in [-0.25, -0.2) is 4.79 Å². The number of nitrogens with one attached hydrogen (secondary N) is 2. The zero-order chi connectivity index (χ0) is 20.9. The Hall–Kier alpha value is -2.08. The first kappa shape index (κ1) is 21.2. The maximum absolute atomic E-state index is 13.3. The first-order valence-corrected chi connectivity index (χ1v) is 11.7. The molecule has 2 N–H and O–H groups in total. The Morgan fingerprint density at radius 1 is 1.10 bits per heavy atom. The summed E-state index contributed by atoms with van der Waals surface area (Å²) in [5.74, 6) is 1.21. The van der Waals surface area contributed by atoms with E-state index < -0.39 is 0 Å². The number of urea groups is 1. The van der Waals surface area contributed by atoms with E-state index in [0.29, 0.717) is 30.8 Å². The summed E-state index contributed by atoms with van der Waals surface area (Å²) in [6.07, 6.45) is 7.18. The van der Waals surface area contributed by atoms with E-state index in [0.717, 1.165) is 24.9 Å². The fourth-order valence-electron chi connectivity index (χ4n) is 6.07. The lowest BCUT2D eigenvalue weighted by Gasteiger charge is -2.57. The molecule has 0 bridgehead atoms. The number of carbonyl (C=O) groups is 2. The van der Waals surface area contributed by atoms with Crippen molar-refractivity contribution in [1.29, 1.82) is 0 Å². The van der Waals surface area contributed by atoms with Crippen molar-refractivity contribution in [3.63, 3.8) is 0 Å². The summed E-state index contributed by atoms with van der Waals surface area (Å²) in [6.45, 7) is 3.83. The van der Waals surface area contributed by atoms with Crippen molar-refractivity contribution in [2.75, 3.05) is 26.7 Å². The Balaban J connectivity index is 1.48. The topological polar surface area (TPSA) is 64.7 Å². The Kier molecular flexibility index (Phi) is 6.93. The third-order valence-electron chi connectivity index (χ3n) is 7.40. The van der Waals surface area contributed by atoms with Crippen LogP contribution in [0.4, 0.5) is 4.79 Å². The maximum atomic E-state index is 13.3. The maximum Gasteiger partial charge on any atom is 0.317 e. The van der Waals surface area contributed by atoms with Gasteiger partial charge in [0.25, 0.3) is 0 Å². The lowest BCUT2D eigenvalue weighted by Crippen LogP contribution is -2.66. The van der Waals surface area contributed by atoms with E-state index >= 15 is 0 Å². The minimum atomic E-state index is 0.0601. The third-order valence-corrected chi connectivity index (χ3v) is 7.40. The molecule has 0 unspecified atom stereocenters. The van der Waals surface area contributed by atoms with Crippen molar-refractivity contribution < 1.29 is 9.59 Å². The Morgan fingerprint density at radius 3 is 2.63 bits per heavy atom. The zero-order valence-corrected chi connectivity index (χ0v) is 18.2. The van der Waals surface area contributed by atoms with Crippen LogP contribution in [0.5, 0.6) is 0 Å². The summed E-state index contributed by atoms with van der Waals surface area (Å²) >= 11 is 0. The minimum Gasteiger partial charge on any atom is -0.359 e. The van der Waals surface area contributed by atoms with Gasteiger partial charge in [0.15, 0.2) is 0 Å². The number of likely N-dealkylation sites (tertiary alicyclic amines) is 1. The highest BCUT2D eigenvalue weighted by Gasteiger charge is 2.49. The van der Waals surface area contributed by atoms with Gasteiger partial charge < -0.3 is 15.5 Å². The van der Waals surface area contributed by atoms with E-state index in [-0.39, 0.29) is 18.0 Å². The molecule has 0 saturated carbocycles. The SMILES string of the molecule is CNC(=O)CCC[C@@H]1[C@H]2CCCN3CCC[C@@H](CN1C(=O)NCc1ccccc1)[C@@H]23. The Labute approximate surface area is 180 Å². The van der Waals surface area contributed by atoms with Crippen molar-refractivity contribution in [2.24, 2.45) is 11.8 Å². The Bertz CT molecular complexity index is 723. The quantitative estimate of drug-likeness (QED) is 0.755. The molecule has 0 aliphatic carbocycles. The fourth-order valence-corrected chi connectivity index (χ4v) is 6.07. The largest absolute Gasteiger partial charge is 0.359 e. The van der Waals surface area contributed by atoms with Crippen LogP contribution in [0.2, 0.25) is 0 Å². The first-order chi connectivity index (χ1) is 14.7. The molecule has 6 heteroatoms. The average Bonchev–Trinajstić information content (AvgIpc) is 2.79. The highest BCUT2D eigenvalue weighted by molar-refractivity contribution is 5.76. The van der Waals surface area contributed by atoms with E-state index in [1.807, 2.05) is 30.3 Å². The molecule has 1 aromatic carbocycles. The smallest absolute Gasteiger partial charge is 0.317 e. The number of hydrogen-bond acceptors (Lipinski definition) is 3. The second-order valence-electron chi connectivity index (χ2n) is 9.16. The molecule has 164 valence electrons. The number of hydrogen-bond donors (Lipinski definition) is 2. The van der Waals surface area contributed by atoms with Crippen LogP contribution in [-0.4, -0.2) is 60.5 Å². The number of amides is 3. The van der Waals surface area contributed by atoms with Crippen LogP contribution in [0, 0.1) is 11.8 Å². The van der Waals surface area contributed by atoms with E-state index in [9.17, 15) is 9.59 Å². The molecule has 6 nitrogen and oxygen atoms in total. The summed E-state index contributed by atoms with van der Waals surface area (Å²) in [4.78, 5) is 29.9. The predicted octanol–water partition coefficient (Wildman–Crippen LogP) is 2.99. The molecular weight excluding hydrogens is 376 g/mol. The molecule has 0 radical (unpaired) electrons. The fraction of sp³-hybridized carbons (Fsp3) is 0.667. The molecule has 30 heavy (non-hydrogen) atoms. The van der Waals surface area contributed by atoms with Crippen molar-refractivity contribution in [3.8, 4) is 0 Å². The molecule has 0 spiro atoms. The second-order valence-corrected chi connectivity index (χ2v) is 9.16. The predicted molar refractivity (Wildman–Crippen MR) is 118 cm³/mol. The highest BCUT2D eigenvalue weighted by Crippen LogP contribution is 2.43. The normalized spacial score (nSPS) is 28.5. The van der Waals surface area contributed by atoms with Gasteiger partial charge in [-0.3, -0.25) is 9.69 Å². The summed E-state index contributed by atoms with van der Waals surface area (Å²) in [5.41, 5.74) is 1.12. The molecule has 3 fully saturated rings. The summed E-state index contributed by atoms with van der Waals surface area (Å²) < 4.78 is 0. The lowest BCUT2D eigenvalue weighted by molar-refractivity contribution is -0.120. The molecular formula is C24H36N4O2. The number of rotatable bonds is 6. The van der Waals surface area contributed by atoms with Gasteiger partial charge in [0.1, 0.15) is 0 Å². The van der Waals surface area contributed by atoms with Crippen molar-refractivity contribution in [1.82, 2.24) is 20.4 Å². The second kappa shape index (κ2) is 9.82. The van der Waals surface area contributed by atoms with Crippen LogP contribution >= 0.6 is 0 Å². The number of piperidine rings is 3. The van der Waals surface area contributed by atoms with Gasteiger partial charge in [-0.2, -0.15) is 0 Å². The van der Waals surface area contributed by atoms with Crippen LogP contribution in [0.25, 0.3) is 0 Å². The summed E-state index contributed by atoms with van der Waals surface area (Å²) in [5, 5.41) is 5.90. The van der Waals surface area contributed by atoms with E-state index in [1.54, 1.807) is 7.05 Å². The van der Waals surface area contributed by atoms with Crippen LogP contribution in [0.15, 0.2) is 30.3 Å². The molecule has 3 aliphatic heterocycles. The standard InChI is InChI=1S/C24H36N4O2/c1-25-22(29)13-5-12-21-20-11-7-15-27-14-6-10-19(23(20)27)17-28(21)24(30)26-16-18-8-3-2-4-9-18/h2-4,8-9,19-21,23H,5-7,10-17H2,1H3,(H,25,29)(H,26,30)/t19-,20+,21+,23-/m0/s1. The van der Waals surface area contributed by atoms with E-state index in [4.69, 9.17) is 0 Å². The number of carbonyl (C=O) groups excluding carboxylic acids is 2. The van der Waals surface area contributed by atoms with Crippen LogP contribution in [0.3, 0.4) is 0 Å². The Morgan fingerprint density at radius 2 is 1.87 bits per heavy atom. The van der Waals surface area contributed by atoms with Gasteiger partial charge in [0, 0.05) is 38.6 Å². The molecule has 4 rings (SSSR count). The molecule has 3 aliphatic rings. The van der Waals surface area contributed by atoms with Crippen LogP contribution in [0.1, 0.15) is 50.5 Å². The van der Waals surface area contributed by atoms with Crippen molar-refractivity contribution in [2.45, 2.75) is 63.6 Å². The third kappa shape index (κ3) is 4.64. The monoisotopic (exact) mass is 412 g/mol. The van der Waals surface area contributed by atoms with Crippen molar-refractivity contribution in [3.05, 3.63) is 35.9 Å². The van der Waals surface area contributed by atoms with E-state index in [1.165, 1.54) is 38.8 Å². The van der Waals surface area contributed by atoms with Gasteiger partial charge in [0.2, 0.25) is 5.91 Å². The van der Waals surface area contributed by atoms with Gasteiger partial charge in [0.05, 0.1) is 0 Å². The average molecular weight is 413 g/mol. The van der Waals surface area contributed by atoms with E-state index in [2.05, 4.69) is 20.4 Å². The van der Waals surface area contributed by atoms with Gasteiger partial charge in [-0.15, -0.1) is 0 Å². The van der Waals surface area contributed by atoms with Gasteiger partial charge >= 0.3 is 6.03 Å². The van der Waals surface area contributed by atoms with Crippen LogP contribution in [-0.2, 0) is 11.3 Å². The summed E-state index contributed by atoms with van der Waals surface area (Å²) in [6, 6.07) is 11.0. The first-order valence-electron chi connectivity index (χ1n) is 11.7. The van der Waals surface area contributed by atoms with Crippen molar-refractivity contribution >= 4 is 11.9 Å². The highest BCUT2D eigenvalue weighted by atomic mass is 16.2. The molecule has 3 amide bonds. The summed E-state index contributed by atoms with van der Waals surface area (Å²) in [7, 11) is 1.69. The van der Waals surface area contributed by atoms with Crippen LogP contribution < -0.4 is 10.6 Å². The number of benzene rings is 1.